The van der Waals surface area contributed by atoms with E-state index in [2.05, 4.69) is 32.3 Å². The maximum Gasteiger partial charge on any atom is 0.387 e. The molecule has 0 spiro atoms. The first-order valence-corrected chi connectivity index (χ1v) is 10.2. The van der Waals surface area contributed by atoms with E-state index in [1.807, 2.05) is 13.1 Å². The summed E-state index contributed by atoms with van der Waals surface area (Å²) in [4.78, 5) is 10.1. The lowest BCUT2D eigenvalue weighted by molar-refractivity contribution is -0.0505. The van der Waals surface area contributed by atoms with E-state index in [1.165, 1.54) is 10.9 Å². The van der Waals surface area contributed by atoms with Gasteiger partial charge in [-0.1, -0.05) is 6.92 Å². The summed E-state index contributed by atoms with van der Waals surface area (Å²) >= 11 is 1.70. The lowest BCUT2D eigenvalue weighted by Gasteiger charge is -2.13. The molecule has 1 aliphatic rings. The van der Waals surface area contributed by atoms with Crippen molar-refractivity contribution >= 4 is 41.3 Å². The lowest BCUT2D eigenvalue weighted by Crippen LogP contribution is -2.38. The first kappa shape index (κ1) is 24.4. The average Bonchev–Trinajstić information content (AvgIpc) is 3.34. The van der Waals surface area contributed by atoms with E-state index < -0.39 is 6.61 Å². The fourth-order valence-electron chi connectivity index (χ4n) is 2.72. The molecule has 0 saturated heterocycles. The normalized spacial score (nSPS) is 12.6. The molecule has 0 fully saturated rings. The summed E-state index contributed by atoms with van der Waals surface area (Å²) in [5, 5.41) is 7.45. The second-order valence-corrected chi connectivity index (χ2v) is 7.34. The summed E-state index contributed by atoms with van der Waals surface area (Å²) in [6.45, 7) is 2.65. The number of aromatic nitrogens is 1. The number of ether oxygens (including phenoxy) is 3. The van der Waals surface area contributed by atoms with Gasteiger partial charge in [0.2, 0.25) is 6.79 Å². The van der Waals surface area contributed by atoms with Crippen molar-refractivity contribution < 1.29 is 23.0 Å². The maximum atomic E-state index is 12.8. The number of fused-ring (bicyclic) bond motifs is 1. The summed E-state index contributed by atoms with van der Waals surface area (Å²) in [6, 6.07) is 3.03. The zero-order valence-corrected chi connectivity index (χ0v) is 19.9. The molecule has 0 amide bonds. The third-order valence-electron chi connectivity index (χ3n) is 4.10. The summed E-state index contributed by atoms with van der Waals surface area (Å²) in [5.41, 5.74) is 0.485. The zero-order chi connectivity index (χ0) is 20.6. The summed E-state index contributed by atoms with van der Waals surface area (Å²) in [5.74, 6) is 1.48. The molecular formula is C19H25F2IN4O3S. The fraction of sp³-hybridized carbons (Fsp3) is 0.474. The molecule has 1 aromatic heterocycles. The van der Waals surface area contributed by atoms with Crippen LogP contribution in [0.25, 0.3) is 0 Å². The van der Waals surface area contributed by atoms with Crippen LogP contribution in [0, 0.1) is 0 Å². The SMILES string of the molecule is CCNC(=NCc1cc2c(cc1OC(F)F)OCO2)NCCc1ncc(CC)s1.I. The van der Waals surface area contributed by atoms with Crippen LogP contribution >= 0.6 is 35.3 Å². The molecule has 11 heteroatoms. The number of alkyl halides is 2. The van der Waals surface area contributed by atoms with Crippen LogP contribution in [0.2, 0.25) is 0 Å². The molecule has 0 radical (unpaired) electrons. The summed E-state index contributed by atoms with van der Waals surface area (Å²) in [7, 11) is 0. The van der Waals surface area contributed by atoms with Crippen LogP contribution in [0.1, 0.15) is 29.3 Å². The molecule has 0 saturated carbocycles. The Labute approximate surface area is 195 Å². The highest BCUT2D eigenvalue weighted by atomic mass is 127. The van der Waals surface area contributed by atoms with Gasteiger partial charge in [-0.3, -0.25) is 0 Å². The molecule has 0 aliphatic carbocycles. The minimum atomic E-state index is -2.93. The third-order valence-corrected chi connectivity index (χ3v) is 5.31. The first-order valence-electron chi connectivity index (χ1n) is 9.42. The van der Waals surface area contributed by atoms with Crippen LogP contribution < -0.4 is 24.8 Å². The van der Waals surface area contributed by atoms with Crippen molar-refractivity contribution in [3.8, 4) is 17.2 Å². The molecule has 2 aromatic rings. The number of rotatable bonds is 9. The fourth-order valence-corrected chi connectivity index (χ4v) is 3.58. The minimum Gasteiger partial charge on any atom is -0.454 e. The van der Waals surface area contributed by atoms with Crippen molar-refractivity contribution in [3.63, 3.8) is 0 Å². The van der Waals surface area contributed by atoms with E-state index in [-0.39, 0.29) is 43.1 Å². The monoisotopic (exact) mass is 554 g/mol. The maximum absolute atomic E-state index is 12.8. The van der Waals surface area contributed by atoms with E-state index in [4.69, 9.17) is 9.47 Å². The van der Waals surface area contributed by atoms with E-state index >= 15 is 0 Å². The Bertz CT molecular complexity index is 851. The van der Waals surface area contributed by atoms with E-state index in [0.717, 1.165) is 17.8 Å². The molecule has 0 bridgehead atoms. The second kappa shape index (κ2) is 12.1. The van der Waals surface area contributed by atoms with Gasteiger partial charge in [0.15, 0.2) is 17.5 Å². The largest absolute Gasteiger partial charge is 0.454 e. The Morgan fingerprint density at radius 3 is 2.70 bits per heavy atom. The van der Waals surface area contributed by atoms with Crippen LogP contribution in [0.15, 0.2) is 23.3 Å². The van der Waals surface area contributed by atoms with Crippen molar-refractivity contribution in [1.82, 2.24) is 15.6 Å². The highest BCUT2D eigenvalue weighted by Crippen LogP contribution is 2.39. The molecular weight excluding hydrogens is 529 g/mol. The zero-order valence-electron chi connectivity index (χ0n) is 16.7. The van der Waals surface area contributed by atoms with Gasteiger partial charge in [-0.15, -0.1) is 35.3 Å². The molecule has 1 aliphatic heterocycles. The second-order valence-electron chi connectivity index (χ2n) is 6.14. The Morgan fingerprint density at radius 2 is 2.03 bits per heavy atom. The third kappa shape index (κ3) is 6.83. The van der Waals surface area contributed by atoms with Crippen LogP contribution in [0.3, 0.4) is 0 Å². The Morgan fingerprint density at radius 1 is 1.27 bits per heavy atom. The number of hydrogen-bond acceptors (Lipinski definition) is 6. The van der Waals surface area contributed by atoms with Crippen molar-refractivity contribution in [2.45, 2.75) is 39.8 Å². The summed E-state index contributed by atoms with van der Waals surface area (Å²) < 4.78 is 40.7. The lowest BCUT2D eigenvalue weighted by atomic mass is 10.1. The molecule has 166 valence electrons. The van der Waals surface area contributed by atoms with Gasteiger partial charge in [0.25, 0.3) is 0 Å². The van der Waals surface area contributed by atoms with Gasteiger partial charge in [-0.05, 0) is 19.4 Å². The first-order chi connectivity index (χ1) is 14.1. The van der Waals surface area contributed by atoms with Crippen molar-refractivity contribution in [2.75, 3.05) is 19.9 Å². The quantitative estimate of drug-likeness (QED) is 0.278. The van der Waals surface area contributed by atoms with E-state index in [9.17, 15) is 8.78 Å². The number of benzene rings is 1. The van der Waals surface area contributed by atoms with Gasteiger partial charge >= 0.3 is 6.61 Å². The van der Waals surface area contributed by atoms with Crippen molar-refractivity contribution in [2.24, 2.45) is 4.99 Å². The van der Waals surface area contributed by atoms with Gasteiger partial charge in [0.1, 0.15) is 5.75 Å². The number of aryl methyl sites for hydroxylation is 1. The van der Waals surface area contributed by atoms with Crippen molar-refractivity contribution in [1.29, 1.82) is 0 Å². The Kier molecular flexibility index (Phi) is 9.82. The predicted molar refractivity (Wildman–Crippen MR) is 123 cm³/mol. The number of aliphatic imine (C=N–C) groups is 1. The number of guanidine groups is 1. The molecule has 2 N–H and O–H groups in total. The molecule has 0 atom stereocenters. The molecule has 2 heterocycles. The van der Waals surface area contributed by atoms with Crippen LogP contribution in [-0.4, -0.2) is 37.4 Å². The standard InChI is InChI=1S/C19H24F2N4O3S.HI/c1-3-13-10-24-17(29-13)5-6-23-19(22-4-2)25-9-12-7-15-16(27-11-26-15)8-14(12)28-18(20)21;/h7-8,10,18H,3-6,9,11H2,1-2H3,(H2,22,23,25);1H. The molecule has 3 rings (SSSR count). The van der Waals surface area contributed by atoms with Gasteiger partial charge in [-0.25, -0.2) is 9.98 Å². The summed E-state index contributed by atoms with van der Waals surface area (Å²) in [6.07, 6.45) is 3.66. The number of hydrogen-bond donors (Lipinski definition) is 2. The molecule has 0 unspecified atom stereocenters. The van der Waals surface area contributed by atoms with Crippen LogP contribution in [0.4, 0.5) is 8.78 Å². The van der Waals surface area contributed by atoms with E-state index in [0.29, 0.717) is 36.1 Å². The number of nitrogens with one attached hydrogen (secondary N) is 2. The average molecular weight is 554 g/mol. The van der Waals surface area contributed by atoms with Gasteiger partial charge in [-0.2, -0.15) is 8.78 Å². The highest BCUT2D eigenvalue weighted by molar-refractivity contribution is 14.0. The predicted octanol–water partition coefficient (Wildman–Crippen LogP) is 3.95. The Balaban J connectivity index is 0.00000320. The van der Waals surface area contributed by atoms with Crippen LogP contribution in [-0.2, 0) is 19.4 Å². The minimum absolute atomic E-state index is 0. The molecule has 1 aromatic carbocycles. The van der Waals surface area contributed by atoms with E-state index in [1.54, 1.807) is 17.4 Å². The highest BCUT2D eigenvalue weighted by Gasteiger charge is 2.20. The molecule has 7 nitrogen and oxygen atoms in total. The topological polar surface area (TPSA) is 77.0 Å². The molecule has 30 heavy (non-hydrogen) atoms. The number of halogens is 3. The van der Waals surface area contributed by atoms with Gasteiger partial charge < -0.3 is 24.8 Å². The van der Waals surface area contributed by atoms with Gasteiger partial charge in [0, 0.05) is 42.2 Å². The Hall–Kier alpha value is -1.89. The smallest absolute Gasteiger partial charge is 0.387 e. The van der Waals surface area contributed by atoms with Gasteiger partial charge in [0.05, 0.1) is 11.6 Å². The van der Waals surface area contributed by atoms with Crippen molar-refractivity contribution in [3.05, 3.63) is 33.8 Å². The number of thiazole rings is 1. The number of nitrogens with zero attached hydrogens (tertiary/aromatic N) is 2. The van der Waals surface area contributed by atoms with Crippen LogP contribution in [0.5, 0.6) is 17.2 Å².